The van der Waals surface area contributed by atoms with E-state index in [0.29, 0.717) is 25.6 Å². The summed E-state index contributed by atoms with van der Waals surface area (Å²) in [5, 5.41) is 6.16. The molecular formula is C18H23N3O3. The predicted molar refractivity (Wildman–Crippen MR) is 90.5 cm³/mol. The van der Waals surface area contributed by atoms with Gasteiger partial charge in [-0.3, -0.25) is 10.1 Å². The molecule has 1 aromatic carbocycles. The van der Waals surface area contributed by atoms with Crippen molar-refractivity contribution >= 4 is 5.91 Å². The number of ether oxygens (including phenoxy) is 1. The highest BCUT2D eigenvalue weighted by molar-refractivity contribution is 5.85. The van der Waals surface area contributed by atoms with Crippen molar-refractivity contribution in [2.45, 2.75) is 33.4 Å². The molecule has 0 radical (unpaired) electrons. The number of carbonyl (C=O) groups is 1. The van der Waals surface area contributed by atoms with E-state index < -0.39 is 0 Å². The zero-order chi connectivity index (χ0) is 17.2. The van der Waals surface area contributed by atoms with Crippen molar-refractivity contribution in [1.29, 1.82) is 0 Å². The Bertz CT molecular complexity index is 707. The normalized spacial score (nSPS) is 19.3. The van der Waals surface area contributed by atoms with Crippen LogP contribution >= 0.6 is 0 Å². The van der Waals surface area contributed by atoms with Crippen LogP contribution in [0.1, 0.15) is 26.5 Å². The standard InChI is InChI=1S/C18H23N3O3/c1-4-23-14-7-5-12(6-8-14)17-21-13(10-24-17)9-19-15-16(22)20-11-18(15,2)3/h5-8,10,15,19H,4,9,11H2,1-3H3,(H,20,22). The van der Waals surface area contributed by atoms with Crippen molar-refractivity contribution in [2.75, 3.05) is 13.2 Å². The molecule has 1 fully saturated rings. The van der Waals surface area contributed by atoms with Crippen LogP contribution in [0.3, 0.4) is 0 Å². The van der Waals surface area contributed by atoms with Crippen molar-refractivity contribution in [3.63, 3.8) is 0 Å². The van der Waals surface area contributed by atoms with E-state index in [4.69, 9.17) is 9.15 Å². The van der Waals surface area contributed by atoms with Crippen LogP contribution in [0.5, 0.6) is 5.75 Å². The van der Waals surface area contributed by atoms with Gasteiger partial charge in [0, 0.05) is 24.1 Å². The Morgan fingerprint density at radius 2 is 2.12 bits per heavy atom. The Morgan fingerprint density at radius 3 is 2.75 bits per heavy atom. The molecule has 3 rings (SSSR count). The lowest BCUT2D eigenvalue weighted by atomic mass is 9.87. The highest BCUT2D eigenvalue weighted by Crippen LogP contribution is 2.25. The molecule has 2 heterocycles. The molecule has 1 unspecified atom stereocenters. The fraction of sp³-hybridized carbons (Fsp3) is 0.444. The fourth-order valence-corrected chi connectivity index (χ4v) is 2.83. The summed E-state index contributed by atoms with van der Waals surface area (Å²) in [6.07, 6.45) is 1.62. The molecule has 6 nitrogen and oxygen atoms in total. The van der Waals surface area contributed by atoms with E-state index in [1.807, 2.05) is 31.2 Å². The highest BCUT2D eigenvalue weighted by atomic mass is 16.5. The van der Waals surface area contributed by atoms with Crippen LogP contribution in [0, 0.1) is 5.41 Å². The zero-order valence-electron chi connectivity index (χ0n) is 14.3. The van der Waals surface area contributed by atoms with Gasteiger partial charge in [0.1, 0.15) is 12.0 Å². The number of aromatic nitrogens is 1. The van der Waals surface area contributed by atoms with Crippen molar-refractivity contribution in [3.05, 3.63) is 36.2 Å². The van der Waals surface area contributed by atoms with E-state index in [-0.39, 0.29) is 17.4 Å². The van der Waals surface area contributed by atoms with Gasteiger partial charge in [-0.15, -0.1) is 0 Å². The second-order valence-electron chi connectivity index (χ2n) is 6.62. The number of nitrogens with zero attached hydrogens (tertiary/aromatic N) is 1. The Hall–Kier alpha value is -2.34. The van der Waals surface area contributed by atoms with Crippen LogP contribution in [0.2, 0.25) is 0 Å². The largest absolute Gasteiger partial charge is 0.494 e. The topological polar surface area (TPSA) is 76.4 Å². The zero-order valence-corrected chi connectivity index (χ0v) is 14.3. The monoisotopic (exact) mass is 329 g/mol. The van der Waals surface area contributed by atoms with Crippen LogP contribution in [0.4, 0.5) is 0 Å². The molecule has 24 heavy (non-hydrogen) atoms. The average Bonchev–Trinajstić information content (AvgIpc) is 3.12. The molecule has 2 aromatic rings. The first-order valence-electron chi connectivity index (χ1n) is 8.18. The number of amides is 1. The molecule has 1 saturated heterocycles. The first-order chi connectivity index (χ1) is 11.5. The fourth-order valence-electron chi connectivity index (χ4n) is 2.83. The molecule has 6 heteroatoms. The van der Waals surface area contributed by atoms with Gasteiger partial charge in [0.25, 0.3) is 0 Å². The summed E-state index contributed by atoms with van der Waals surface area (Å²) in [5.41, 5.74) is 1.55. The molecule has 0 bridgehead atoms. The second-order valence-corrected chi connectivity index (χ2v) is 6.62. The van der Waals surface area contributed by atoms with Gasteiger partial charge >= 0.3 is 0 Å². The molecule has 1 aliphatic rings. The minimum absolute atomic E-state index is 0.0373. The smallest absolute Gasteiger partial charge is 0.237 e. The van der Waals surface area contributed by atoms with E-state index in [1.165, 1.54) is 0 Å². The van der Waals surface area contributed by atoms with Gasteiger partial charge in [-0.25, -0.2) is 4.98 Å². The van der Waals surface area contributed by atoms with Crippen LogP contribution in [-0.2, 0) is 11.3 Å². The molecule has 0 saturated carbocycles. The van der Waals surface area contributed by atoms with Crippen molar-refractivity contribution in [1.82, 2.24) is 15.6 Å². The summed E-state index contributed by atoms with van der Waals surface area (Å²) >= 11 is 0. The SMILES string of the molecule is CCOc1ccc(-c2nc(CNC3C(=O)NCC3(C)C)co2)cc1. The first kappa shape index (κ1) is 16.5. The lowest BCUT2D eigenvalue weighted by Gasteiger charge is -2.24. The first-order valence-corrected chi connectivity index (χ1v) is 8.18. The Morgan fingerprint density at radius 1 is 1.38 bits per heavy atom. The van der Waals surface area contributed by atoms with E-state index in [9.17, 15) is 4.79 Å². The molecule has 2 N–H and O–H groups in total. The van der Waals surface area contributed by atoms with E-state index in [0.717, 1.165) is 17.0 Å². The van der Waals surface area contributed by atoms with Crippen molar-refractivity contribution in [2.24, 2.45) is 5.41 Å². The van der Waals surface area contributed by atoms with Gasteiger partial charge in [-0.05, 0) is 31.2 Å². The van der Waals surface area contributed by atoms with Crippen LogP contribution in [-0.4, -0.2) is 30.1 Å². The van der Waals surface area contributed by atoms with Gasteiger partial charge in [0.05, 0.1) is 18.3 Å². The van der Waals surface area contributed by atoms with Crippen LogP contribution < -0.4 is 15.4 Å². The number of benzene rings is 1. The maximum atomic E-state index is 11.9. The molecule has 0 aliphatic carbocycles. The molecular weight excluding hydrogens is 306 g/mol. The minimum Gasteiger partial charge on any atom is -0.494 e. The molecule has 1 aliphatic heterocycles. The minimum atomic E-state index is -0.219. The molecule has 1 atom stereocenters. The Labute approximate surface area is 141 Å². The Balaban J connectivity index is 1.64. The number of oxazole rings is 1. The maximum Gasteiger partial charge on any atom is 0.237 e. The molecule has 1 aromatic heterocycles. The summed E-state index contributed by atoms with van der Waals surface area (Å²) in [5.74, 6) is 1.42. The highest BCUT2D eigenvalue weighted by Gasteiger charge is 2.40. The van der Waals surface area contributed by atoms with Gasteiger partial charge in [0.2, 0.25) is 11.8 Å². The maximum absolute atomic E-state index is 11.9. The third-order valence-electron chi connectivity index (χ3n) is 4.21. The summed E-state index contributed by atoms with van der Waals surface area (Å²) in [6.45, 7) is 7.89. The number of hydrogen-bond acceptors (Lipinski definition) is 5. The van der Waals surface area contributed by atoms with Crippen molar-refractivity contribution in [3.8, 4) is 17.2 Å². The number of hydrogen-bond donors (Lipinski definition) is 2. The van der Waals surface area contributed by atoms with Gasteiger partial charge in [0.15, 0.2) is 0 Å². The number of nitrogens with one attached hydrogen (secondary N) is 2. The summed E-state index contributed by atoms with van der Waals surface area (Å²) in [4.78, 5) is 16.4. The predicted octanol–water partition coefficient (Wildman–Crippen LogP) is 2.35. The van der Waals surface area contributed by atoms with E-state index in [1.54, 1.807) is 6.26 Å². The third kappa shape index (κ3) is 3.43. The Kier molecular flexibility index (Phi) is 4.57. The summed E-state index contributed by atoms with van der Waals surface area (Å²) < 4.78 is 11.0. The lowest BCUT2D eigenvalue weighted by Crippen LogP contribution is -2.43. The number of rotatable bonds is 6. The molecule has 1 amide bonds. The summed E-state index contributed by atoms with van der Waals surface area (Å²) in [7, 11) is 0. The molecule has 0 spiro atoms. The van der Waals surface area contributed by atoms with Gasteiger partial charge in [-0.1, -0.05) is 13.8 Å². The average molecular weight is 329 g/mol. The molecule has 128 valence electrons. The third-order valence-corrected chi connectivity index (χ3v) is 4.21. The van der Waals surface area contributed by atoms with E-state index in [2.05, 4.69) is 29.5 Å². The lowest BCUT2D eigenvalue weighted by molar-refractivity contribution is -0.121. The quantitative estimate of drug-likeness (QED) is 0.851. The van der Waals surface area contributed by atoms with Gasteiger partial charge in [-0.2, -0.15) is 0 Å². The van der Waals surface area contributed by atoms with Crippen molar-refractivity contribution < 1.29 is 13.9 Å². The van der Waals surface area contributed by atoms with E-state index >= 15 is 0 Å². The second kappa shape index (κ2) is 6.65. The van der Waals surface area contributed by atoms with Crippen LogP contribution in [0.15, 0.2) is 34.9 Å². The van der Waals surface area contributed by atoms with Gasteiger partial charge < -0.3 is 14.5 Å². The van der Waals surface area contributed by atoms with Crippen LogP contribution in [0.25, 0.3) is 11.5 Å². The number of carbonyl (C=O) groups excluding carboxylic acids is 1. The summed E-state index contributed by atoms with van der Waals surface area (Å²) in [6, 6.07) is 7.41.